The summed E-state index contributed by atoms with van der Waals surface area (Å²) in [5, 5.41) is 0. The number of hydrogen-bond donors (Lipinski definition) is 2. The Hall–Kier alpha value is -2.03. The van der Waals surface area contributed by atoms with Gasteiger partial charge in [-0.15, -0.1) is 0 Å². The zero-order valence-corrected chi connectivity index (χ0v) is 54.4. The van der Waals surface area contributed by atoms with Crippen molar-refractivity contribution in [3.05, 3.63) is 48.6 Å². The normalized spacial score (nSPS) is 13.2. The smallest absolute Gasteiger partial charge is 0.462 e. The highest BCUT2D eigenvalue weighted by Gasteiger charge is 2.26. The predicted octanol–water partition coefficient (Wildman–Crippen LogP) is 22.9. The standard InChI is InChI=1S/C71H134NO8P/c1-3-5-7-9-11-13-15-17-19-21-23-24-25-26-27-28-29-30-31-32-33-34-35-36-37-38-39-40-41-42-43-44-46-47-49-51-53-55-57-59-61-63-70(73)77-67-69(68-79-81(75,76)78-66-65-72)80-71(74)64-62-60-58-56-54-52-50-48-45-22-20-18-16-14-12-10-8-6-4-2/h12,14,18,20-21,23,45,48,69H,3-11,13,15-17,19,22,24-44,46-47,49-68,72H2,1-2H3,(H,75,76)/b14-12-,20-18-,23-21-,48-45-. The van der Waals surface area contributed by atoms with E-state index >= 15 is 0 Å². The number of hydrogen-bond acceptors (Lipinski definition) is 8. The Kier molecular flexibility index (Phi) is 65.4. The van der Waals surface area contributed by atoms with E-state index in [1.807, 2.05) is 0 Å². The van der Waals surface area contributed by atoms with Gasteiger partial charge in [-0.05, 0) is 77.0 Å². The van der Waals surface area contributed by atoms with E-state index in [1.165, 1.54) is 257 Å². The third-order valence-electron chi connectivity index (χ3n) is 15.7. The van der Waals surface area contributed by atoms with Crippen molar-refractivity contribution >= 4 is 19.8 Å². The topological polar surface area (TPSA) is 134 Å². The van der Waals surface area contributed by atoms with Crippen molar-refractivity contribution in [1.82, 2.24) is 0 Å². The monoisotopic (exact) mass is 1160 g/mol. The highest BCUT2D eigenvalue weighted by molar-refractivity contribution is 7.47. The Bertz CT molecular complexity index is 1470. The van der Waals surface area contributed by atoms with E-state index in [2.05, 4.69) is 62.5 Å². The molecule has 0 aromatic rings. The summed E-state index contributed by atoms with van der Waals surface area (Å²) in [5.41, 5.74) is 5.39. The number of phosphoric acid groups is 1. The van der Waals surface area contributed by atoms with Crippen molar-refractivity contribution in [2.75, 3.05) is 26.4 Å². The van der Waals surface area contributed by atoms with Crippen LogP contribution < -0.4 is 5.73 Å². The zero-order valence-electron chi connectivity index (χ0n) is 53.5. The first kappa shape index (κ1) is 79.0. The lowest BCUT2D eigenvalue weighted by molar-refractivity contribution is -0.161. The molecule has 0 aromatic carbocycles. The molecule has 2 unspecified atom stereocenters. The van der Waals surface area contributed by atoms with E-state index in [1.54, 1.807) is 0 Å². The van der Waals surface area contributed by atoms with Crippen molar-refractivity contribution in [3.8, 4) is 0 Å². The molecule has 0 fully saturated rings. The molecule has 2 atom stereocenters. The molecule has 9 nitrogen and oxygen atoms in total. The van der Waals surface area contributed by atoms with Crippen LogP contribution in [0.25, 0.3) is 0 Å². The van der Waals surface area contributed by atoms with Gasteiger partial charge in [0.2, 0.25) is 0 Å². The Balaban J connectivity index is 3.73. The molecule has 0 amide bonds. The van der Waals surface area contributed by atoms with E-state index in [0.29, 0.717) is 6.42 Å². The second kappa shape index (κ2) is 67.1. The van der Waals surface area contributed by atoms with E-state index < -0.39 is 26.5 Å². The Morgan fingerprint density at radius 1 is 0.370 bits per heavy atom. The lowest BCUT2D eigenvalue weighted by Crippen LogP contribution is -2.29. The summed E-state index contributed by atoms with van der Waals surface area (Å²) >= 11 is 0. The maximum Gasteiger partial charge on any atom is 0.472 e. The molecule has 0 aliphatic rings. The first-order valence-electron chi connectivity index (χ1n) is 35.1. The first-order valence-corrected chi connectivity index (χ1v) is 36.6. The van der Waals surface area contributed by atoms with Gasteiger partial charge in [0.1, 0.15) is 6.61 Å². The summed E-state index contributed by atoms with van der Waals surface area (Å²) in [6, 6.07) is 0. The van der Waals surface area contributed by atoms with Crippen molar-refractivity contribution in [2.24, 2.45) is 5.73 Å². The fraction of sp³-hybridized carbons (Fsp3) is 0.859. The molecule has 0 saturated carbocycles. The van der Waals surface area contributed by atoms with Crippen LogP contribution in [0.2, 0.25) is 0 Å². The molecular formula is C71H134NO8P. The largest absolute Gasteiger partial charge is 0.472 e. The minimum Gasteiger partial charge on any atom is -0.462 e. The average Bonchev–Trinajstić information content (AvgIpc) is 3.46. The predicted molar refractivity (Wildman–Crippen MR) is 349 cm³/mol. The number of carbonyl (C=O) groups excluding carboxylic acids is 2. The Morgan fingerprint density at radius 3 is 0.988 bits per heavy atom. The van der Waals surface area contributed by atoms with Crippen molar-refractivity contribution in [3.63, 3.8) is 0 Å². The molecule has 0 radical (unpaired) electrons. The second-order valence-electron chi connectivity index (χ2n) is 23.7. The van der Waals surface area contributed by atoms with Gasteiger partial charge in [0, 0.05) is 19.4 Å². The van der Waals surface area contributed by atoms with Gasteiger partial charge in [0.05, 0.1) is 13.2 Å². The van der Waals surface area contributed by atoms with E-state index in [-0.39, 0.29) is 38.6 Å². The zero-order chi connectivity index (χ0) is 58.7. The summed E-state index contributed by atoms with van der Waals surface area (Å²) in [4.78, 5) is 35.3. The van der Waals surface area contributed by atoms with Gasteiger partial charge >= 0.3 is 19.8 Å². The van der Waals surface area contributed by atoms with Crippen LogP contribution in [-0.2, 0) is 32.7 Å². The highest BCUT2D eigenvalue weighted by Crippen LogP contribution is 2.43. The Morgan fingerprint density at radius 2 is 0.642 bits per heavy atom. The minimum absolute atomic E-state index is 0.0514. The molecule has 0 aliphatic heterocycles. The van der Waals surface area contributed by atoms with E-state index in [9.17, 15) is 19.0 Å². The third kappa shape index (κ3) is 67.0. The summed E-state index contributed by atoms with van der Waals surface area (Å²) in [7, 11) is -4.39. The molecule has 10 heteroatoms. The minimum atomic E-state index is -4.39. The molecule has 0 rings (SSSR count). The summed E-state index contributed by atoms with van der Waals surface area (Å²) in [5.74, 6) is -0.828. The van der Waals surface area contributed by atoms with Gasteiger partial charge in [0.25, 0.3) is 0 Å². The highest BCUT2D eigenvalue weighted by atomic mass is 31.2. The van der Waals surface area contributed by atoms with Crippen LogP contribution in [0.4, 0.5) is 0 Å². The number of ether oxygens (including phenoxy) is 2. The number of rotatable bonds is 67. The number of nitrogens with two attached hydrogens (primary N) is 1. The molecule has 3 N–H and O–H groups in total. The number of esters is 2. The average molecular weight is 1160 g/mol. The van der Waals surface area contributed by atoms with Crippen molar-refractivity contribution in [1.29, 1.82) is 0 Å². The molecule has 0 bridgehead atoms. The molecule has 0 aromatic heterocycles. The van der Waals surface area contributed by atoms with E-state index in [4.69, 9.17) is 24.3 Å². The number of phosphoric ester groups is 1. The Labute approximate surface area is 502 Å². The summed E-state index contributed by atoms with van der Waals surface area (Å²) in [6.45, 7) is 3.75. The number of carbonyl (C=O) groups is 2. The fourth-order valence-electron chi connectivity index (χ4n) is 10.5. The van der Waals surface area contributed by atoms with Gasteiger partial charge in [0.15, 0.2) is 6.10 Å². The second-order valence-corrected chi connectivity index (χ2v) is 25.2. The third-order valence-corrected chi connectivity index (χ3v) is 16.7. The molecule has 0 spiro atoms. The van der Waals surface area contributed by atoms with Crippen molar-refractivity contribution in [2.45, 2.75) is 367 Å². The van der Waals surface area contributed by atoms with Crippen LogP contribution in [0, 0.1) is 0 Å². The molecule has 0 saturated heterocycles. The molecule has 81 heavy (non-hydrogen) atoms. The number of allylic oxidation sites excluding steroid dienone is 8. The molecule has 0 heterocycles. The molecular weight excluding hydrogens is 1030 g/mol. The SMILES string of the molecule is CCCCC/C=C\C/C=C\C/C=C\CCCCCCCCC(=O)OC(COC(=O)CCCCCCCCCCCCCCCCCCCCCCCCCCCCCCC/C=C\CCCCCCCCCC)COP(=O)(O)OCCN. The van der Waals surface area contributed by atoms with Gasteiger partial charge < -0.3 is 20.1 Å². The summed E-state index contributed by atoms with van der Waals surface area (Å²) < 4.78 is 33.1. The lowest BCUT2D eigenvalue weighted by Gasteiger charge is -2.19. The van der Waals surface area contributed by atoms with Crippen LogP contribution in [0.3, 0.4) is 0 Å². The molecule has 0 aliphatic carbocycles. The molecule has 476 valence electrons. The van der Waals surface area contributed by atoms with Gasteiger partial charge in [-0.25, -0.2) is 4.57 Å². The van der Waals surface area contributed by atoms with Crippen LogP contribution in [0.15, 0.2) is 48.6 Å². The van der Waals surface area contributed by atoms with Crippen LogP contribution in [0.5, 0.6) is 0 Å². The van der Waals surface area contributed by atoms with Crippen LogP contribution in [0.1, 0.15) is 361 Å². The maximum atomic E-state index is 12.7. The van der Waals surface area contributed by atoms with Gasteiger partial charge in [-0.1, -0.05) is 319 Å². The van der Waals surface area contributed by atoms with E-state index in [0.717, 1.165) is 70.6 Å². The maximum absolute atomic E-state index is 12.7. The van der Waals surface area contributed by atoms with Crippen LogP contribution in [-0.4, -0.2) is 49.3 Å². The lowest BCUT2D eigenvalue weighted by atomic mass is 10.0. The quantitative estimate of drug-likeness (QED) is 0.0264. The van der Waals surface area contributed by atoms with Crippen LogP contribution >= 0.6 is 7.82 Å². The van der Waals surface area contributed by atoms with Crippen molar-refractivity contribution < 1.29 is 37.6 Å². The first-order chi connectivity index (χ1) is 39.8. The fourth-order valence-corrected chi connectivity index (χ4v) is 11.2. The summed E-state index contributed by atoms with van der Waals surface area (Å²) in [6.07, 6.45) is 85.2. The number of unbranched alkanes of at least 4 members (excludes halogenated alkanes) is 46. The van der Waals surface area contributed by atoms with Gasteiger partial charge in [-0.2, -0.15) is 0 Å². The van der Waals surface area contributed by atoms with Gasteiger partial charge in [-0.3, -0.25) is 18.6 Å².